The molecule has 2 heteroatoms. The Morgan fingerprint density at radius 2 is 0.946 bits per heavy atom. The molecule has 0 spiro atoms. The molecule has 0 N–H and O–H groups in total. The van der Waals surface area contributed by atoms with Crippen molar-refractivity contribution in [1.82, 2.24) is 0 Å². The van der Waals surface area contributed by atoms with Crippen LogP contribution in [0.15, 0.2) is 206 Å². The van der Waals surface area contributed by atoms with E-state index in [0.29, 0.717) is 0 Å². The quantitative estimate of drug-likeness (QED) is 0.170. The van der Waals surface area contributed by atoms with Gasteiger partial charge in [0.05, 0.1) is 5.69 Å². The van der Waals surface area contributed by atoms with Crippen molar-refractivity contribution in [3.63, 3.8) is 0 Å². The summed E-state index contributed by atoms with van der Waals surface area (Å²) in [7, 11) is 0. The molecule has 1 heterocycles. The molecule has 1 aliphatic carbocycles. The normalized spacial score (nSPS) is 13.0. The van der Waals surface area contributed by atoms with Crippen molar-refractivity contribution in [3.05, 3.63) is 223 Å². The van der Waals surface area contributed by atoms with E-state index in [1.165, 1.54) is 44.5 Å². The van der Waals surface area contributed by atoms with Crippen LogP contribution in [-0.2, 0) is 5.41 Å². The average molecular weight is 716 g/mol. The third kappa shape index (κ3) is 4.96. The number of anilines is 3. The van der Waals surface area contributed by atoms with E-state index in [1.54, 1.807) is 0 Å². The van der Waals surface area contributed by atoms with Crippen LogP contribution in [0, 0.1) is 0 Å². The van der Waals surface area contributed by atoms with Crippen LogP contribution in [0.3, 0.4) is 0 Å². The van der Waals surface area contributed by atoms with Crippen LogP contribution in [0.4, 0.5) is 17.1 Å². The summed E-state index contributed by atoms with van der Waals surface area (Å²) in [6, 6.07) is 74.8. The molecule has 2 nitrogen and oxygen atoms in total. The number of rotatable bonds is 6. The van der Waals surface area contributed by atoms with Gasteiger partial charge in [0.25, 0.3) is 0 Å². The third-order valence-electron chi connectivity index (χ3n) is 11.9. The molecule has 0 atom stereocenters. The molecule has 0 saturated heterocycles. The highest BCUT2D eigenvalue weighted by Crippen LogP contribution is 2.53. The van der Waals surface area contributed by atoms with Crippen molar-refractivity contribution in [1.29, 1.82) is 0 Å². The third-order valence-corrected chi connectivity index (χ3v) is 11.9. The Hall–Kier alpha value is -7.16. The van der Waals surface area contributed by atoms with E-state index in [4.69, 9.17) is 4.74 Å². The summed E-state index contributed by atoms with van der Waals surface area (Å²) in [6.07, 6.45) is 0. The number of para-hydroxylation sites is 2. The Morgan fingerprint density at radius 1 is 0.393 bits per heavy atom. The number of hydrogen-bond acceptors (Lipinski definition) is 2. The molecule has 1 aliphatic heterocycles. The second kappa shape index (κ2) is 12.7. The number of benzene rings is 9. The fourth-order valence-electron chi connectivity index (χ4n) is 9.22. The molecule has 9 aromatic carbocycles. The first-order valence-corrected chi connectivity index (χ1v) is 19.3. The molecule has 0 amide bonds. The lowest BCUT2D eigenvalue weighted by Gasteiger charge is -2.31. The monoisotopic (exact) mass is 715 g/mol. The summed E-state index contributed by atoms with van der Waals surface area (Å²) in [4.78, 5) is 2.41. The number of hydrogen-bond donors (Lipinski definition) is 0. The van der Waals surface area contributed by atoms with E-state index < -0.39 is 0 Å². The summed E-state index contributed by atoms with van der Waals surface area (Å²) < 4.78 is 6.40. The molecule has 264 valence electrons. The maximum absolute atomic E-state index is 6.40. The van der Waals surface area contributed by atoms with E-state index in [1.807, 2.05) is 6.07 Å². The zero-order valence-electron chi connectivity index (χ0n) is 31.0. The van der Waals surface area contributed by atoms with Crippen LogP contribution >= 0.6 is 0 Å². The summed E-state index contributed by atoms with van der Waals surface area (Å²) in [5, 5.41) is 2.31. The van der Waals surface area contributed by atoms with Gasteiger partial charge in [0.15, 0.2) is 0 Å². The molecule has 0 aromatic heterocycles. The maximum atomic E-state index is 6.40. The highest BCUT2D eigenvalue weighted by molar-refractivity contribution is 6.07. The van der Waals surface area contributed by atoms with Gasteiger partial charge in [0, 0.05) is 33.3 Å². The first-order valence-electron chi connectivity index (χ1n) is 19.3. The van der Waals surface area contributed by atoms with Crippen molar-refractivity contribution in [3.8, 4) is 56.0 Å². The number of nitrogens with zero attached hydrogens (tertiary/aromatic N) is 1. The molecule has 56 heavy (non-hydrogen) atoms. The molecule has 2 aliphatic rings. The topological polar surface area (TPSA) is 12.5 Å². The maximum Gasteiger partial charge on any atom is 0.135 e. The number of ether oxygens (including phenoxy) is 1. The lowest BCUT2D eigenvalue weighted by atomic mass is 9.74. The van der Waals surface area contributed by atoms with Crippen molar-refractivity contribution >= 4 is 27.8 Å². The van der Waals surface area contributed by atoms with Crippen molar-refractivity contribution in [2.75, 3.05) is 4.90 Å². The minimum Gasteiger partial charge on any atom is -0.456 e. The molecular weight excluding hydrogens is 679 g/mol. The van der Waals surface area contributed by atoms with Crippen molar-refractivity contribution in [2.24, 2.45) is 0 Å². The second-order valence-electron chi connectivity index (χ2n) is 15.0. The smallest absolute Gasteiger partial charge is 0.135 e. The predicted molar refractivity (Wildman–Crippen MR) is 232 cm³/mol. The zero-order chi connectivity index (χ0) is 37.2. The van der Waals surface area contributed by atoms with Gasteiger partial charge in [-0.2, -0.15) is 0 Å². The van der Waals surface area contributed by atoms with E-state index in [2.05, 4.69) is 212 Å². The van der Waals surface area contributed by atoms with Crippen molar-refractivity contribution in [2.45, 2.75) is 12.3 Å². The molecule has 0 unspecified atom stereocenters. The van der Waals surface area contributed by atoms with Crippen LogP contribution in [-0.4, -0.2) is 0 Å². The van der Waals surface area contributed by atoms with Crippen LogP contribution < -0.4 is 9.64 Å². The van der Waals surface area contributed by atoms with Gasteiger partial charge in [-0.3, -0.25) is 0 Å². The minimum atomic E-state index is -0.267. The van der Waals surface area contributed by atoms with Gasteiger partial charge in [-0.1, -0.05) is 152 Å². The standard InChI is InChI=1S/C54H37NO/c1-54(48-21-9-5-18-44(48)45-19-6-10-22-49(45)54)40-28-32-42(33-29-40)55(41-30-26-37(27-31-41)36-14-3-2-4-15-36)50-23-11-7-17-43(50)39-34-38-16-13-25-52-53(38)47(35-39)46-20-8-12-24-51(46)56-52/h2-35H,1H3. The van der Waals surface area contributed by atoms with E-state index in [9.17, 15) is 0 Å². The van der Waals surface area contributed by atoms with Gasteiger partial charge < -0.3 is 9.64 Å². The minimum absolute atomic E-state index is 0.267. The summed E-state index contributed by atoms with van der Waals surface area (Å²) >= 11 is 0. The van der Waals surface area contributed by atoms with Gasteiger partial charge >= 0.3 is 0 Å². The van der Waals surface area contributed by atoms with Crippen LogP contribution in [0.1, 0.15) is 23.6 Å². The van der Waals surface area contributed by atoms with E-state index in [-0.39, 0.29) is 5.41 Å². The lowest BCUT2D eigenvalue weighted by Crippen LogP contribution is -2.22. The molecule has 0 bridgehead atoms. The second-order valence-corrected chi connectivity index (χ2v) is 15.0. The van der Waals surface area contributed by atoms with Crippen LogP contribution in [0.5, 0.6) is 11.5 Å². The molecule has 0 radical (unpaired) electrons. The summed E-state index contributed by atoms with van der Waals surface area (Å²) in [5.41, 5.74) is 16.7. The molecule has 9 aromatic rings. The Kier molecular flexibility index (Phi) is 7.33. The Bertz CT molecular complexity index is 2900. The molecular formula is C54H37NO. The molecule has 0 fully saturated rings. The lowest BCUT2D eigenvalue weighted by molar-refractivity contribution is 0.487. The first kappa shape index (κ1) is 32.3. The van der Waals surface area contributed by atoms with E-state index >= 15 is 0 Å². The SMILES string of the molecule is CC1(c2ccc(N(c3ccc(-c4ccccc4)cc3)c3ccccc3-c3cc4c5c(cccc5c3)Oc3ccccc3-4)cc2)c2ccccc2-c2ccccc21. The van der Waals surface area contributed by atoms with Crippen LogP contribution in [0.25, 0.3) is 55.3 Å². The summed E-state index contributed by atoms with van der Waals surface area (Å²) in [6.45, 7) is 2.38. The van der Waals surface area contributed by atoms with Gasteiger partial charge in [0.1, 0.15) is 11.5 Å². The zero-order valence-corrected chi connectivity index (χ0v) is 31.0. The Labute approximate surface area is 327 Å². The van der Waals surface area contributed by atoms with Gasteiger partial charge in [-0.15, -0.1) is 0 Å². The number of fused-ring (bicyclic) bond motifs is 5. The van der Waals surface area contributed by atoms with Gasteiger partial charge in [-0.05, 0) is 117 Å². The largest absolute Gasteiger partial charge is 0.456 e. The predicted octanol–water partition coefficient (Wildman–Crippen LogP) is 14.8. The Morgan fingerprint density at radius 3 is 1.66 bits per heavy atom. The van der Waals surface area contributed by atoms with Gasteiger partial charge in [0.2, 0.25) is 0 Å². The highest BCUT2D eigenvalue weighted by Gasteiger charge is 2.40. The summed E-state index contributed by atoms with van der Waals surface area (Å²) in [5.74, 6) is 1.79. The molecule has 0 saturated carbocycles. The first-order chi connectivity index (χ1) is 27.6. The highest BCUT2D eigenvalue weighted by atomic mass is 16.5. The van der Waals surface area contributed by atoms with Gasteiger partial charge in [-0.25, -0.2) is 0 Å². The fourth-order valence-corrected chi connectivity index (χ4v) is 9.22. The molecule has 11 rings (SSSR count). The average Bonchev–Trinajstić information content (AvgIpc) is 3.53. The van der Waals surface area contributed by atoms with E-state index in [0.717, 1.165) is 56.0 Å². The Balaban J connectivity index is 1.08. The van der Waals surface area contributed by atoms with Crippen molar-refractivity contribution < 1.29 is 4.74 Å². The fraction of sp³-hybridized carbons (Fsp3) is 0.0370. The van der Waals surface area contributed by atoms with Crippen LogP contribution in [0.2, 0.25) is 0 Å².